The lowest BCUT2D eigenvalue weighted by atomic mass is 10.1. The van der Waals surface area contributed by atoms with Crippen LogP contribution >= 0.6 is 0 Å². The van der Waals surface area contributed by atoms with Gasteiger partial charge in [0.25, 0.3) is 0 Å². The van der Waals surface area contributed by atoms with E-state index in [4.69, 9.17) is 4.74 Å². The first-order chi connectivity index (χ1) is 10.5. The second-order valence-corrected chi connectivity index (χ2v) is 4.42. The van der Waals surface area contributed by atoms with Gasteiger partial charge in [0, 0.05) is 18.3 Å². The third kappa shape index (κ3) is 3.46. The number of ketones is 1. The van der Waals surface area contributed by atoms with Crippen molar-refractivity contribution in [3.05, 3.63) is 65.2 Å². The Hall–Kier alpha value is -2.76. The number of hydrogen-bond donors (Lipinski definition) is 1. The number of para-hydroxylation sites is 1. The average molecular weight is 305 g/mol. The van der Waals surface area contributed by atoms with Crippen molar-refractivity contribution in [1.82, 2.24) is 0 Å². The largest absolute Gasteiger partial charge is 0.454 e. The number of esters is 1. The predicted molar refractivity (Wildman–Crippen MR) is 77.0 cm³/mol. The van der Waals surface area contributed by atoms with Gasteiger partial charge in [-0.3, -0.25) is 4.79 Å². The van der Waals surface area contributed by atoms with Gasteiger partial charge in [0.2, 0.25) is 0 Å². The van der Waals surface area contributed by atoms with Crippen LogP contribution < -0.4 is 5.32 Å². The van der Waals surface area contributed by atoms with Crippen LogP contribution in [0.1, 0.15) is 20.7 Å². The highest BCUT2D eigenvalue weighted by atomic mass is 19.2. The van der Waals surface area contributed by atoms with Crippen molar-refractivity contribution in [2.45, 2.75) is 0 Å². The lowest BCUT2D eigenvalue weighted by Gasteiger charge is -2.08. The van der Waals surface area contributed by atoms with Gasteiger partial charge in [0.1, 0.15) is 0 Å². The van der Waals surface area contributed by atoms with Crippen LogP contribution in [-0.2, 0) is 4.74 Å². The van der Waals surface area contributed by atoms with Gasteiger partial charge in [-0.25, -0.2) is 13.6 Å². The Labute approximate surface area is 125 Å². The quantitative estimate of drug-likeness (QED) is 0.681. The van der Waals surface area contributed by atoms with Crippen molar-refractivity contribution in [3.63, 3.8) is 0 Å². The van der Waals surface area contributed by atoms with Crippen LogP contribution in [0.2, 0.25) is 0 Å². The molecule has 0 aliphatic heterocycles. The highest BCUT2D eigenvalue weighted by Crippen LogP contribution is 2.16. The van der Waals surface area contributed by atoms with Gasteiger partial charge in [0.15, 0.2) is 24.0 Å². The Morgan fingerprint density at radius 3 is 2.50 bits per heavy atom. The standard InChI is InChI=1S/C16H13F2NO3/c1-19-14-5-3-2-4-11(14)16(21)22-9-15(20)10-6-7-12(17)13(18)8-10/h2-8,19H,9H2,1H3. The van der Waals surface area contributed by atoms with E-state index in [1.165, 1.54) is 0 Å². The molecule has 6 heteroatoms. The number of carbonyl (C=O) groups is 2. The first kappa shape index (κ1) is 15.6. The van der Waals surface area contributed by atoms with Crippen LogP contribution in [0.5, 0.6) is 0 Å². The molecule has 0 bridgehead atoms. The number of ether oxygens (including phenoxy) is 1. The predicted octanol–water partition coefficient (Wildman–Crippen LogP) is 3.05. The van der Waals surface area contributed by atoms with Gasteiger partial charge in [-0.1, -0.05) is 12.1 Å². The number of nitrogens with one attached hydrogen (secondary N) is 1. The Balaban J connectivity index is 2.04. The van der Waals surface area contributed by atoms with Crippen molar-refractivity contribution in [2.75, 3.05) is 19.0 Å². The fourth-order valence-corrected chi connectivity index (χ4v) is 1.84. The van der Waals surface area contributed by atoms with Gasteiger partial charge in [-0.15, -0.1) is 0 Å². The summed E-state index contributed by atoms with van der Waals surface area (Å²) in [4.78, 5) is 23.7. The van der Waals surface area contributed by atoms with Crippen molar-refractivity contribution in [2.24, 2.45) is 0 Å². The Morgan fingerprint density at radius 1 is 1.09 bits per heavy atom. The molecule has 2 aromatic rings. The SMILES string of the molecule is CNc1ccccc1C(=O)OCC(=O)c1ccc(F)c(F)c1. The van der Waals surface area contributed by atoms with Crippen LogP contribution in [0, 0.1) is 11.6 Å². The smallest absolute Gasteiger partial charge is 0.340 e. The summed E-state index contributed by atoms with van der Waals surface area (Å²) in [6, 6.07) is 9.40. The zero-order valence-electron chi connectivity index (χ0n) is 11.7. The number of hydrogen-bond acceptors (Lipinski definition) is 4. The van der Waals surface area contributed by atoms with Gasteiger partial charge in [-0.05, 0) is 30.3 Å². The maximum absolute atomic E-state index is 13.1. The van der Waals surface area contributed by atoms with Crippen molar-refractivity contribution >= 4 is 17.4 Å². The third-order valence-corrected chi connectivity index (χ3v) is 2.99. The van der Waals surface area contributed by atoms with E-state index < -0.39 is 30.0 Å². The topological polar surface area (TPSA) is 55.4 Å². The van der Waals surface area contributed by atoms with E-state index in [2.05, 4.69) is 5.32 Å². The number of benzene rings is 2. The Kier molecular flexibility index (Phi) is 4.83. The summed E-state index contributed by atoms with van der Waals surface area (Å²) in [5.41, 5.74) is 0.782. The molecule has 0 aromatic heterocycles. The molecule has 0 fully saturated rings. The lowest BCUT2D eigenvalue weighted by molar-refractivity contribution is 0.0475. The summed E-state index contributed by atoms with van der Waals surface area (Å²) in [6.45, 7) is -0.554. The molecule has 0 saturated carbocycles. The van der Waals surface area contributed by atoms with E-state index >= 15 is 0 Å². The Morgan fingerprint density at radius 2 is 1.82 bits per heavy atom. The van der Waals surface area contributed by atoms with Crippen LogP contribution in [0.3, 0.4) is 0 Å². The van der Waals surface area contributed by atoms with Crippen molar-refractivity contribution in [1.29, 1.82) is 0 Å². The zero-order chi connectivity index (χ0) is 16.1. The summed E-state index contributed by atoms with van der Waals surface area (Å²) in [5, 5.41) is 2.83. The molecule has 114 valence electrons. The molecular weight excluding hydrogens is 292 g/mol. The molecule has 0 atom stereocenters. The second-order valence-electron chi connectivity index (χ2n) is 4.42. The van der Waals surface area contributed by atoms with E-state index in [1.54, 1.807) is 31.3 Å². The van der Waals surface area contributed by atoms with Crippen LogP contribution in [0.4, 0.5) is 14.5 Å². The minimum absolute atomic E-state index is 0.0615. The molecule has 0 amide bonds. The second kappa shape index (κ2) is 6.80. The van der Waals surface area contributed by atoms with Gasteiger partial charge in [-0.2, -0.15) is 0 Å². The molecule has 2 aromatic carbocycles. The summed E-state index contributed by atoms with van der Waals surface area (Å²) in [6.07, 6.45) is 0. The molecule has 0 aliphatic carbocycles. The number of anilines is 1. The first-order valence-corrected chi connectivity index (χ1v) is 6.45. The molecule has 0 radical (unpaired) electrons. The molecule has 0 spiro atoms. The first-order valence-electron chi connectivity index (χ1n) is 6.45. The minimum Gasteiger partial charge on any atom is -0.454 e. The lowest BCUT2D eigenvalue weighted by Crippen LogP contribution is -2.15. The fraction of sp³-hybridized carbons (Fsp3) is 0.125. The maximum atomic E-state index is 13.1. The monoisotopic (exact) mass is 305 g/mol. The fourth-order valence-electron chi connectivity index (χ4n) is 1.84. The summed E-state index contributed by atoms with van der Waals surface area (Å²) in [7, 11) is 1.65. The van der Waals surface area contributed by atoms with Crippen molar-refractivity contribution in [3.8, 4) is 0 Å². The molecule has 4 nitrogen and oxygen atoms in total. The number of Topliss-reactive ketones (excluding diaryl/α,β-unsaturated/α-hetero) is 1. The van der Waals surface area contributed by atoms with E-state index in [9.17, 15) is 18.4 Å². The highest BCUT2D eigenvalue weighted by Gasteiger charge is 2.15. The molecule has 1 N–H and O–H groups in total. The summed E-state index contributed by atoms with van der Waals surface area (Å²) < 4.78 is 30.8. The molecule has 0 aliphatic rings. The zero-order valence-corrected chi connectivity index (χ0v) is 11.7. The Bertz CT molecular complexity index is 716. The van der Waals surface area contributed by atoms with Gasteiger partial charge in [0.05, 0.1) is 5.56 Å². The van der Waals surface area contributed by atoms with Gasteiger partial charge >= 0.3 is 5.97 Å². The summed E-state index contributed by atoms with van der Waals surface area (Å²) >= 11 is 0. The van der Waals surface area contributed by atoms with E-state index in [1.807, 2.05) is 0 Å². The molecule has 0 saturated heterocycles. The molecule has 2 rings (SSSR count). The molecule has 0 heterocycles. The summed E-state index contributed by atoms with van der Waals surface area (Å²) in [5.74, 6) is -3.47. The highest BCUT2D eigenvalue weighted by molar-refractivity contribution is 6.00. The van der Waals surface area contributed by atoms with Crippen LogP contribution in [0.25, 0.3) is 0 Å². The minimum atomic E-state index is -1.13. The van der Waals surface area contributed by atoms with Crippen LogP contribution in [-0.4, -0.2) is 25.4 Å². The number of rotatable bonds is 5. The van der Waals surface area contributed by atoms with Crippen molar-refractivity contribution < 1.29 is 23.1 Å². The van der Waals surface area contributed by atoms with Crippen LogP contribution in [0.15, 0.2) is 42.5 Å². The van der Waals surface area contributed by atoms with E-state index in [-0.39, 0.29) is 11.1 Å². The van der Waals surface area contributed by atoms with E-state index in [0.717, 1.165) is 18.2 Å². The van der Waals surface area contributed by atoms with E-state index in [0.29, 0.717) is 5.69 Å². The average Bonchev–Trinajstić information content (AvgIpc) is 2.54. The third-order valence-electron chi connectivity index (χ3n) is 2.99. The number of carbonyl (C=O) groups excluding carboxylic acids is 2. The normalized spacial score (nSPS) is 10.1. The number of halogens is 2. The van der Waals surface area contributed by atoms with Gasteiger partial charge < -0.3 is 10.1 Å². The maximum Gasteiger partial charge on any atom is 0.340 e. The molecule has 0 unspecified atom stereocenters. The molecule has 22 heavy (non-hydrogen) atoms. The molecular formula is C16H13F2NO3.